The fourth-order valence-electron chi connectivity index (χ4n) is 3.82. The van der Waals surface area contributed by atoms with E-state index in [4.69, 9.17) is 11.6 Å². The fraction of sp³-hybridized carbons (Fsp3) is 0.261. The van der Waals surface area contributed by atoms with Gasteiger partial charge in [0.25, 0.3) is 0 Å². The first-order chi connectivity index (χ1) is 15.4. The van der Waals surface area contributed by atoms with E-state index < -0.39 is 0 Å². The minimum atomic E-state index is -0.191. The number of anilines is 2. The molecule has 164 valence electrons. The molecule has 3 aromatic rings. The lowest BCUT2D eigenvalue weighted by Gasteiger charge is -2.35. The zero-order valence-electron chi connectivity index (χ0n) is 17.9. The van der Waals surface area contributed by atoms with Gasteiger partial charge in [-0.05, 0) is 36.8 Å². The molecule has 0 radical (unpaired) electrons. The Morgan fingerprint density at radius 2 is 1.91 bits per heavy atom. The minimum Gasteiger partial charge on any atom is -0.352 e. The molecule has 1 saturated heterocycles. The second kappa shape index (κ2) is 8.92. The summed E-state index contributed by atoms with van der Waals surface area (Å²) in [5.74, 6) is 0.994. The van der Waals surface area contributed by atoms with Crippen molar-refractivity contribution < 1.29 is 9.59 Å². The van der Waals surface area contributed by atoms with Gasteiger partial charge in [-0.15, -0.1) is 0 Å². The van der Waals surface area contributed by atoms with E-state index in [1.807, 2.05) is 25.1 Å². The SMILES string of the molecule is C=CC(=O)N1CCN(c2ncnc3cc(-c4nc(NC(C)=O)ccc4C)c(Cl)cc23)CC1. The summed E-state index contributed by atoms with van der Waals surface area (Å²) in [7, 11) is 0. The zero-order chi connectivity index (χ0) is 22.8. The number of aryl methyl sites for hydroxylation is 1. The van der Waals surface area contributed by atoms with Gasteiger partial charge in [0, 0.05) is 44.1 Å². The van der Waals surface area contributed by atoms with Crippen LogP contribution in [0.3, 0.4) is 0 Å². The largest absolute Gasteiger partial charge is 0.352 e. The van der Waals surface area contributed by atoms with Crippen LogP contribution in [0.5, 0.6) is 0 Å². The van der Waals surface area contributed by atoms with Crippen LogP contribution in [0.4, 0.5) is 11.6 Å². The van der Waals surface area contributed by atoms with Crippen LogP contribution in [0.1, 0.15) is 12.5 Å². The molecule has 0 unspecified atom stereocenters. The molecular weight excluding hydrogens is 428 g/mol. The molecule has 1 aliphatic heterocycles. The van der Waals surface area contributed by atoms with Gasteiger partial charge >= 0.3 is 0 Å². The Hall–Kier alpha value is -3.52. The summed E-state index contributed by atoms with van der Waals surface area (Å²) >= 11 is 6.70. The van der Waals surface area contributed by atoms with Crippen molar-refractivity contribution in [2.75, 3.05) is 36.4 Å². The maximum atomic E-state index is 11.9. The first-order valence-corrected chi connectivity index (χ1v) is 10.6. The molecule has 1 N–H and O–H groups in total. The number of hydrogen-bond acceptors (Lipinski definition) is 6. The maximum Gasteiger partial charge on any atom is 0.246 e. The van der Waals surface area contributed by atoms with Gasteiger partial charge in [0.15, 0.2) is 0 Å². The molecule has 8 nitrogen and oxygen atoms in total. The van der Waals surface area contributed by atoms with Gasteiger partial charge in [-0.3, -0.25) is 9.59 Å². The van der Waals surface area contributed by atoms with Crippen LogP contribution in [0.25, 0.3) is 22.2 Å². The summed E-state index contributed by atoms with van der Waals surface area (Å²) in [4.78, 5) is 40.7. The second-order valence-electron chi connectivity index (χ2n) is 7.61. The number of carbonyl (C=O) groups is 2. The van der Waals surface area contributed by atoms with Crippen molar-refractivity contribution in [2.24, 2.45) is 0 Å². The predicted molar refractivity (Wildman–Crippen MR) is 126 cm³/mol. The molecule has 32 heavy (non-hydrogen) atoms. The third-order valence-electron chi connectivity index (χ3n) is 5.42. The van der Waals surface area contributed by atoms with Crippen LogP contribution in [0, 0.1) is 6.92 Å². The molecule has 1 aliphatic rings. The average Bonchev–Trinajstić information content (AvgIpc) is 2.79. The Labute approximate surface area is 190 Å². The highest BCUT2D eigenvalue weighted by Crippen LogP contribution is 2.35. The van der Waals surface area contributed by atoms with Gasteiger partial charge in [-0.25, -0.2) is 15.0 Å². The first-order valence-electron chi connectivity index (χ1n) is 10.2. The third-order valence-corrected chi connectivity index (χ3v) is 5.74. The number of pyridine rings is 1. The highest BCUT2D eigenvalue weighted by molar-refractivity contribution is 6.34. The van der Waals surface area contributed by atoms with Gasteiger partial charge in [0.1, 0.15) is 18.0 Å². The Balaban J connectivity index is 1.70. The van der Waals surface area contributed by atoms with Crippen LogP contribution >= 0.6 is 11.6 Å². The van der Waals surface area contributed by atoms with Crippen LogP contribution < -0.4 is 10.2 Å². The molecule has 9 heteroatoms. The van der Waals surface area contributed by atoms with Crippen molar-refractivity contribution in [1.82, 2.24) is 19.9 Å². The van der Waals surface area contributed by atoms with Crippen molar-refractivity contribution in [1.29, 1.82) is 0 Å². The standard InChI is InChI=1S/C23H23ClN6O2/c1-4-21(32)29-7-9-30(10-8-29)23-17-11-18(24)16(12-19(17)25-13-26-23)22-14(2)5-6-20(28-22)27-15(3)31/h4-6,11-13H,1,7-10H2,2-3H3,(H,27,28,31). The number of amides is 2. The molecule has 2 amide bonds. The summed E-state index contributed by atoms with van der Waals surface area (Å²) < 4.78 is 0. The molecule has 2 aromatic heterocycles. The summed E-state index contributed by atoms with van der Waals surface area (Å²) in [6, 6.07) is 7.40. The van der Waals surface area contributed by atoms with E-state index in [2.05, 4.69) is 31.7 Å². The normalized spacial score (nSPS) is 13.8. The summed E-state index contributed by atoms with van der Waals surface area (Å²) in [6.45, 7) is 9.45. The number of carbonyl (C=O) groups excluding carboxylic acids is 2. The summed E-state index contributed by atoms with van der Waals surface area (Å²) in [5.41, 5.74) is 3.08. The van der Waals surface area contributed by atoms with Gasteiger partial charge in [-0.1, -0.05) is 24.2 Å². The van der Waals surface area contributed by atoms with Gasteiger partial charge in [-0.2, -0.15) is 0 Å². The van der Waals surface area contributed by atoms with E-state index in [1.165, 1.54) is 19.3 Å². The first kappa shape index (κ1) is 21.7. The lowest BCUT2D eigenvalue weighted by atomic mass is 10.0. The molecule has 1 aromatic carbocycles. The van der Waals surface area contributed by atoms with Crippen LogP contribution in [-0.4, -0.2) is 57.8 Å². The van der Waals surface area contributed by atoms with E-state index in [0.29, 0.717) is 42.7 Å². The lowest BCUT2D eigenvalue weighted by Crippen LogP contribution is -2.48. The van der Waals surface area contributed by atoms with E-state index in [-0.39, 0.29) is 11.8 Å². The molecule has 0 atom stereocenters. The number of halogens is 1. The smallest absolute Gasteiger partial charge is 0.246 e. The number of benzene rings is 1. The Morgan fingerprint density at radius 3 is 2.59 bits per heavy atom. The number of nitrogens with one attached hydrogen (secondary N) is 1. The van der Waals surface area contributed by atoms with Crippen molar-refractivity contribution >= 4 is 46.0 Å². The van der Waals surface area contributed by atoms with Crippen LogP contribution in [-0.2, 0) is 9.59 Å². The average molecular weight is 451 g/mol. The van der Waals surface area contributed by atoms with Crippen LogP contribution in [0.2, 0.25) is 5.02 Å². The van der Waals surface area contributed by atoms with Gasteiger partial charge in [0.05, 0.1) is 16.2 Å². The molecule has 0 saturated carbocycles. The quantitative estimate of drug-likeness (QED) is 0.612. The molecule has 0 aliphatic carbocycles. The third kappa shape index (κ3) is 4.27. The molecule has 4 rings (SSSR count). The highest BCUT2D eigenvalue weighted by Gasteiger charge is 2.22. The van der Waals surface area contributed by atoms with Crippen molar-refractivity contribution in [3.63, 3.8) is 0 Å². The summed E-state index contributed by atoms with van der Waals surface area (Å²) in [5, 5.41) is 4.06. The molecular formula is C23H23ClN6O2. The number of hydrogen-bond donors (Lipinski definition) is 1. The Bertz CT molecular complexity index is 1220. The van der Waals surface area contributed by atoms with Gasteiger partial charge in [0.2, 0.25) is 11.8 Å². The Morgan fingerprint density at radius 1 is 1.16 bits per heavy atom. The van der Waals surface area contributed by atoms with E-state index in [1.54, 1.807) is 11.0 Å². The molecule has 3 heterocycles. The number of fused-ring (bicyclic) bond motifs is 1. The summed E-state index contributed by atoms with van der Waals surface area (Å²) in [6.07, 6.45) is 2.87. The highest BCUT2D eigenvalue weighted by atomic mass is 35.5. The zero-order valence-corrected chi connectivity index (χ0v) is 18.7. The number of rotatable bonds is 4. The molecule has 1 fully saturated rings. The van der Waals surface area contributed by atoms with Crippen molar-refractivity contribution in [3.05, 3.63) is 53.8 Å². The van der Waals surface area contributed by atoms with E-state index in [9.17, 15) is 9.59 Å². The van der Waals surface area contributed by atoms with E-state index >= 15 is 0 Å². The van der Waals surface area contributed by atoms with Crippen LogP contribution in [0.15, 0.2) is 43.2 Å². The van der Waals surface area contributed by atoms with Gasteiger partial charge < -0.3 is 15.1 Å². The number of nitrogens with zero attached hydrogens (tertiary/aromatic N) is 5. The molecule has 0 spiro atoms. The number of aromatic nitrogens is 3. The Kier molecular flexibility index (Phi) is 6.05. The van der Waals surface area contributed by atoms with E-state index in [0.717, 1.165) is 27.8 Å². The van der Waals surface area contributed by atoms with Crippen molar-refractivity contribution in [2.45, 2.75) is 13.8 Å². The second-order valence-corrected chi connectivity index (χ2v) is 8.01. The minimum absolute atomic E-state index is 0.0609. The predicted octanol–water partition coefficient (Wildman–Crippen LogP) is 3.45. The maximum absolute atomic E-state index is 11.9. The molecule has 0 bridgehead atoms. The fourth-order valence-corrected chi connectivity index (χ4v) is 4.07. The number of piperazine rings is 1. The van der Waals surface area contributed by atoms with Crippen molar-refractivity contribution in [3.8, 4) is 11.3 Å². The monoisotopic (exact) mass is 450 g/mol. The lowest BCUT2D eigenvalue weighted by molar-refractivity contribution is -0.126. The topological polar surface area (TPSA) is 91.3 Å².